The smallest absolute Gasteiger partial charge is 0.242 e. The molecule has 1 saturated heterocycles. The second-order valence-corrected chi connectivity index (χ2v) is 5.77. The van der Waals surface area contributed by atoms with Gasteiger partial charge in [0.05, 0.1) is 12.6 Å². The summed E-state index contributed by atoms with van der Waals surface area (Å²) in [6, 6.07) is -0.328. The largest absolute Gasteiger partial charge is 0.347 e. The summed E-state index contributed by atoms with van der Waals surface area (Å²) in [7, 11) is 0. The average molecular weight is 254 g/mol. The standard InChI is InChI=1S/C13H22N2O3/c1-9(16)14-8-11(17)15-7-5-6-10(15)12(18)13(2,3)4/h10H,5-8H2,1-4H3,(H,14,16). The minimum Gasteiger partial charge on any atom is -0.347 e. The van der Waals surface area contributed by atoms with Crippen LogP contribution in [-0.2, 0) is 14.4 Å². The van der Waals surface area contributed by atoms with Gasteiger partial charge in [-0.1, -0.05) is 20.8 Å². The van der Waals surface area contributed by atoms with E-state index in [1.807, 2.05) is 20.8 Å². The van der Waals surface area contributed by atoms with Gasteiger partial charge in [0, 0.05) is 18.9 Å². The lowest BCUT2D eigenvalue weighted by Gasteiger charge is -2.29. The Bertz CT molecular complexity index is 358. The highest BCUT2D eigenvalue weighted by atomic mass is 16.2. The molecule has 1 unspecified atom stereocenters. The van der Waals surface area contributed by atoms with E-state index in [0.717, 1.165) is 12.8 Å². The highest BCUT2D eigenvalue weighted by molar-refractivity contribution is 5.93. The van der Waals surface area contributed by atoms with E-state index in [0.29, 0.717) is 6.54 Å². The molecular weight excluding hydrogens is 232 g/mol. The Kier molecular flexibility index (Phi) is 4.48. The summed E-state index contributed by atoms with van der Waals surface area (Å²) in [6.07, 6.45) is 1.57. The van der Waals surface area contributed by atoms with E-state index in [4.69, 9.17) is 0 Å². The zero-order valence-electron chi connectivity index (χ0n) is 11.6. The number of amides is 2. The molecule has 5 heteroatoms. The fourth-order valence-electron chi connectivity index (χ4n) is 2.14. The van der Waals surface area contributed by atoms with Crippen LogP contribution in [0, 0.1) is 5.41 Å². The molecule has 0 radical (unpaired) electrons. The van der Waals surface area contributed by atoms with Gasteiger partial charge in [0.15, 0.2) is 5.78 Å². The average Bonchev–Trinajstić information content (AvgIpc) is 2.71. The number of hydrogen-bond acceptors (Lipinski definition) is 3. The first kappa shape index (κ1) is 14.7. The Morgan fingerprint density at radius 2 is 1.89 bits per heavy atom. The molecule has 5 nitrogen and oxygen atoms in total. The maximum absolute atomic E-state index is 12.2. The molecule has 0 aromatic heterocycles. The third kappa shape index (κ3) is 3.55. The molecule has 1 aliphatic rings. The minimum atomic E-state index is -0.443. The molecular formula is C13H22N2O3. The fraction of sp³-hybridized carbons (Fsp3) is 0.769. The third-order valence-electron chi connectivity index (χ3n) is 3.10. The molecule has 102 valence electrons. The fourth-order valence-corrected chi connectivity index (χ4v) is 2.14. The zero-order valence-corrected chi connectivity index (χ0v) is 11.6. The maximum Gasteiger partial charge on any atom is 0.242 e. The number of nitrogens with zero attached hydrogens (tertiary/aromatic N) is 1. The van der Waals surface area contributed by atoms with Crippen molar-refractivity contribution in [1.29, 1.82) is 0 Å². The summed E-state index contributed by atoms with van der Waals surface area (Å²) in [6.45, 7) is 7.54. The Morgan fingerprint density at radius 3 is 2.39 bits per heavy atom. The number of nitrogens with one attached hydrogen (secondary N) is 1. The second kappa shape index (κ2) is 5.50. The Balaban J connectivity index is 2.67. The monoisotopic (exact) mass is 254 g/mol. The van der Waals surface area contributed by atoms with Crippen LogP contribution < -0.4 is 5.32 Å². The Morgan fingerprint density at radius 1 is 1.28 bits per heavy atom. The van der Waals surface area contributed by atoms with Crippen molar-refractivity contribution in [3.63, 3.8) is 0 Å². The van der Waals surface area contributed by atoms with Gasteiger partial charge in [0.2, 0.25) is 11.8 Å². The molecule has 1 heterocycles. The molecule has 0 aromatic carbocycles. The first-order chi connectivity index (χ1) is 8.23. The van der Waals surface area contributed by atoms with E-state index in [2.05, 4.69) is 5.32 Å². The second-order valence-electron chi connectivity index (χ2n) is 5.77. The lowest BCUT2D eigenvalue weighted by Crippen LogP contribution is -2.48. The van der Waals surface area contributed by atoms with Gasteiger partial charge in [-0.3, -0.25) is 14.4 Å². The van der Waals surface area contributed by atoms with Crippen LogP contribution in [0.2, 0.25) is 0 Å². The van der Waals surface area contributed by atoms with E-state index in [1.165, 1.54) is 6.92 Å². The van der Waals surface area contributed by atoms with Crippen LogP contribution in [0.1, 0.15) is 40.5 Å². The molecule has 1 rings (SSSR count). The van der Waals surface area contributed by atoms with Gasteiger partial charge in [-0.15, -0.1) is 0 Å². The summed E-state index contributed by atoms with van der Waals surface area (Å²) in [5.41, 5.74) is -0.443. The van der Waals surface area contributed by atoms with Crippen molar-refractivity contribution in [3.05, 3.63) is 0 Å². The van der Waals surface area contributed by atoms with Crippen molar-refractivity contribution in [1.82, 2.24) is 10.2 Å². The molecule has 1 N–H and O–H groups in total. The quantitative estimate of drug-likeness (QED) is 0.807. The van der Waals surface area contributed by atoms with Crippen LogP contribution in [0.4, 0.5) is 0 Å². The van der Waals surface area contributed by atoms with Crippen molar-refractivity contribution in [3.8, 4) is 0 Å². The first-order valence-electron chi connectivity index (χ1n) is 6.31. The van der Waals surface area contributed by atoms with E-state index >= 15 is 0 Å². The number of carbonyl (C=O) groups excluding carboxylic acids is 3. The van der Waals surface area contributed by atoms with Crippen LogP contribution >= 0.6 is 0 Å². The van der Waals surface area contributed by atoms with Crippen LogP contribution in [0.25, 0.3) is 0 Å². The van der Waals surface area contributed by atoms with Gasteiger partial charge in [0.25, 0.3) is 0 Å². The number of ketones is 1. The highest BCUT2D eigenvalue weighted by Crippen LogP contribution is 2.26. The molecule has 0 saturated carbocycles. The van der Waals surface area contributed by atoms with Crippen LogP contribution in [-0.4, -0.2) is 41.6 Å². The Labute approximate surface area is 108 Å². The van der Waals surface area contributed by atoms with Gasteiger partial charge >= 0.3 is 0 Å². The molecule has 1 fully saturated rings. The summed E-state index contributed by atoms with van der Waals surface area (Å²) in [4.78, 5) is 36.6. The van der Waals surface area contributed by atoms with E-state index in [-0.39, 0.29) is 30.2 Å². The van der Waals surface area contributed by atoms with Crippen molar-refractivity contribution in [2.45, 2.75) is 46.6 Å². The van der Waals surface area contributed by atoms with Crippen LogP contribution in [0.15, 0.2) is 0 Å². The number of hydrogen-bond donors (Lipinski definition) is 1. The number of rotatable bonds is 3. The van der Waals surface area contributed by atoms with E-state index < -0.39 is 5.41 Å². The first-order valence-corrected chi connectivity index (χ1v) is 6.31. The molecule has 0 aromatic rings. The maximum atomic E-state index is 12.2. The van der Waals surface area contributed by atoms with Gasteiger partial charge in [-0.25, -0.2) is 0 Å². The van der Waals surface area contributed by atoms with E-state index in [1.54, 1.807) is 4.90 Å². The molecule has 0 aliphatic carbocycles. The lowest BCUT2D eigenvalue weighted by molar-refractivity contribution is -0.140. The minimum absolute atomic E-state index is 0.0245. The Hall–Kier alpha value is -1.39. The summed E-state index contributed by atoms with van der Waals surface area (Å²) >= 11 is 0. The van der Waals surface area contributed by atoms with Gasteiger partial charge < -0.3 is 10.2 Å². The van der Waals surface area contributed by atoms with Gasteiger partial charge in [0.1, 0.15) is 0 Å². The normalized spacial score (nSPS) is 19.8. The van der Waals surface area contributed by atoms with Crippen molar-refractivity contribution in [2.24, 2.45) is 5.41 Å². The van der Waals surface area contributed by atoms with E-state index in [9.17, 15) is 14.4 Å². The van der Waals surface area contributed by atoms with Crippen molar-refractivity contribution >= 4 is 17.6 Å². The molecule has 2 amide bonds. The third-order valence-corrected chi connectivity index (χ3v) is 3.10. The highest BCUT2D eigenvalue weighted by Gasteiger charge is 2.38. The summed E-state index contributed by atoms with van der Waals surface area (Å²) < 4.78 is 0. The molecule has 1 atom stereocenters. The van der Waals surface area contributed by atoms with Crippen LogP contribution in [0.3, 0.4) is 0 Å². The summed E-state index contributed by atoms with van der Waals surface area (Å²) in [5, 5.41) is 2.48. The lowest BCUT2D eigenvalue weighted by atomic mass is 9.85. The van der Waals surface area contributed by atoms with Gasteiger partial charge in [-0.2, -0.15) is 0 Å². The zero-order chi connectivity index (χ0) is 13.9. The number of likely N-dealkylation sites (tertiary alicyclic amines) is 1. The van der Waals surface area contributed by atoms with Crippen LogP contribution in [0.5, 0.6) is 0 Å². The summed E-state index contributed by atoms with van der Waals surface area (Å²) in [5.74, 6) is -0.317. The molecule has 0 bridgehead atoms. The number of carbonyl (C=O) groups is 3. The van der Waals surface area contributed by atoms with Crippen molar-refractivity contribution in [2.75, 3.05) is 13.1 Å². The predicted octanol–water partition coefficient (Wildman–Crippen LogP) is 0.729. The van der Waals surface area contributed by atoms with Crippen molar-refractivity contribution < 1.29 is 14.4 Å². The SMILES string of the molecule is CC(=O)NCC(=O)N1CCCC1C(=O)C(C)(C)C. The molecule has 0 spiro atoms. The molecule has 18 heavy (non-hydrogen) atoms. The molecule has 1 aliphatic heterocycles. The topological polar surface area (TPSA) is 66.5 Å². The predicted molar refractivity (Wildman–Crippen MR) is 67.9 cm³/mol. The number of Topliss-reactive ketones (excluding diaryl/α,β-unsaturated/α-hetero) is 1. The van der Waals surface area contributed by atoms with Gasteiger partial charge in [-0.05, 0) is 12.8 Å².